The number of aryl methyl sites for hydroxylation is 1. The Labute approximate surface area is 222 Å². The summed E-state index contributed by atoms with van der Waals surface area (Å²) >= 11 is 6.01. The van der Waals surface area contributed by atoms with Crippen LogP contribution in [0.5, 0.6) is 0 Å². The Balaban J connectivity index is 0.000000519. The molecule has 2 heterocycles. The average Bonchev–Trinajstić information content (AvgIpc) is 2.89. The summed E-state index contributed by atoms with van der Waals surface area (Å²) in [6.45, 7) is 9.47. The van der Waals surface area contributed by atoms with E-state index in [1.807, 2.05) is 27.7 Å². The van der Waals surface area contributed by atoms with E-state index in [4.69, 9.17) is 11.6 Å². The van der Waals surface area contributed by atoms with Crippen LogP contribution in [0.25, 0.3) is 0 Å². The second-order valence-corrected chi connectivity index (χ2v) is 8.63. The molecule has 0 unspecified atom stereocenters. The van der Waals surface area contributed by atoms with Crippen molar-refractivity contribution in [1.82, 2.24) is 15.3 Å². The van der Waals surface area contributed by atoms with Crippen LogP contribution in [0.15, 0.2) is 18.2 Å². The molecule has 1 fully saturated rings. The van der Waals surface area contributed by atoms with Gasteiger partial charge < -0.3 is 16.0 Å². The van der Waals surface area contributed by atoms with Crippen LogP contribution in [-0.2, 0) is 30.4 Å². The smallest absolute Gasteiger partial charge is 0.388 e. The number of nitrogens with one attached hydrogen (secondary N) is 3. The summed E-state index contributed by atoms with van der Waals surface area (Å²) in [7, 11) is 1.59. The number of rotatable bonds is 8. The van der Waals surface area contributed by atoms with Gasteiger partial charge in [0.15, 0.2) is 12.0 Å². The summed E-state index contributed by atoms with van der Waals surface area (Å²) in [5, 5.41) is 8.99. The monoisotopic (exact) mass is 547 g/mol. The first-order chi connectivity index (χ1) is 17.5. The fraction of sp³-hybridized carbons (Fsp3) is 0.577. The summed E-state index contributed by atoms with van der Waals surface area (Å²) < 4.78 is 52.1. The standard InChI is InChI=1S/C18H22ClF3N4.C6H10FNO.C2H6/c1-4-6-15-14(5-2)16(26-17(19)25-15)24-10-11-7-12(18(20,21)22)9-13(8-11)23-3;7-6(5-9)1-3-8-4-2-6;1-2/h7-9,23H,4-6,10H2,1-3H3,(H,24,25,26);5,8H,1-4H2;1-2H3. The third kappa shape index (κ3) is 10.4. The van der Waals surface area contributed by atoms with Gasteiger partial charge in [-0.1, -0.05) is 34.1 Å². The zero-order valence-electron chi connectivity index (χ0n) is 22.2. The Hall–Kier alpha value is -2.46. The minimum Gasteiger partial charge on any atom is -0.388 e. The van der Waals surface area contributed by atoms with Crippen LogP contribution in [-0.4, -0.2) is 42.1 Å². The number of anilines is 2. The summed E-state index contributed by atoms with van der Waals surface area (Å²) in [6.07, 6.45) is -0.921. The maximum Gasteiger partial charge on any atom is 0.416 e. The van der Waals surface area contributed by atoms with Gasteiger partial charge >= 0.3 is 6.18 Å². The number of carbonyl (C=O) groups is 1. The van der Waals surface area contributed by atoms with Gasteiger partial charge in [-0.05, 0) is 61.3 Å². The molecule has 0 radical (unpaired) electrons. The molecule has 3 N–H and O–H groups in total. The first-order valence-corrected chi connectivity index (χ1v) is 13.0. The largest absolute Gasteiger partial charge is 0.416 e. The molecular formula is C26H38ClF4N5O. The number of nitrogens with zero attached hydrogens (tertiary/aromatic N) is 2. The molecule has 11 heteroatoms. The predicted octanol–water partition coefficient (Wildman–Crippen LogP) is 6.62. The highest BCUT2D eigenvalue weighted by atomic mass is 35.5. The van der Waals surface area contributed by atoms with Gasteiger partial charge in [0.1, 0.15) is 5.82 Å². The summed E-state index contributed by atoms with van der Waals surface area (Å²) in [6, 6.07) is 3.89. The third-order valence-electron chi connectivity index (χ3n) is 5.62. The number of carbonyl (C=O) groups excluding carboxylic acids is 1. The molecule has 1 aromatic carbocycles. The Kier molecular flexibility index (Phi) is 13.8. The van der Waals surface area contributed by atoms with E-state index in [0.717, 1.165) is 36.2 Å². The van der Waals surface area contributed by atoms with Crippen molar-refractivity contribution in [1.29, 1.82) is 0 Å². The number of hydrogen-bond donors (Lipinski definition) is 3. The van der Waals surface area contributed by atoms with E-state index in [9.17, 15) is 22.4 Å². The first-order valence-electron chi connectivity index (χ1n) is 12.6. The molecule has 3 rings (SSSR count). The fourth-order valence-corrected chi connectivity index (χ4v) is 3.90. The third-order valence-corrected chi connectivity index (χ3v) is 5.79. The van der Waals surface area contributed by atoms with E-state index in [2.05, 4.69) is 25.9 Å². The molecule has 6 nitrogen and oxygen atoms in total. The van der Waals surface area contributed by atoms with E-state index in [1.165, 1.54) is 0 Å². The predicted molar refractivity (Wildman–Crippen MR) is 142 cm³/mol. The van der Waals surface area contributed by atoms with Gasteiger partial charge in [-0.25, -0.2) is 14.4 Å². The highest BCUT2D eigenvalue weighted by Gasteiger charge is 2.31. The van der Waals surface area contributed by atoms with Crippen LogP contribution in [0.2, 0.25) is 5.28 Å². The quantitative estimate of drug-likeness (QED) is 0.196. The van der Waals surface area contributed by atoms with Crippen molar-refractivity contribution >= 4 is 29.4 Å². The average molecular weight is 548 g/mol. The molecule has 0 bridgehead atoms. The molecule has 37 heavy (non-hydrogen) atoms. The molecule has 0 saturated carbocycles. The van der Waals surface area contributed by atoms with Gasteiger partial charge in [-0.3, -0.25) is 4.79 Å². The summed E-state index contributed by atoms with van der Waals surface area (Å²) in [4.78, 5) is 18.6. The Bertz CT molecular complexity index is 982. The van der Waals surface area contributed by atoms with Gasteiger partial charge in [0.25, 0.3) is 0 Å². The van der Waals surface area contributed by atoms with Crippen molar-refractivity contribution in [2.24, 2.45) is 0 Å². The number of aldehydes is 1. The second kappa shape index (κ2) is 15.7. The van der Waals surface area contributed by atoms with Gasteiger partial charge in [-0.2, -0.15) is 13.2 Å². The lowest BCUT2D eigenvalue weighted by Gasteiger charge is -2.23. The van der Waals surface area contributed by atoms with Crippen LogP contribution >= 0.6 is 11.6 Å². The normalized spacial score (nSPS) is 14.4. The van der Waals surface area contributed by atoms with E-state index < -0.39 is 17.4 Å². The van der Waals surface area contributed by atoms with Crippen LogP contribution in [0.4, 0.5) is 29.1 Å². The van der Waals surface area contributed by atoms with Crippen molar-refractivity contribution in [2.75, 3.05) is 30.8 Å². The highest BCUT2D eigenvalue weighted by Crippen LogP contribution is 2.32. The van der Waals surface area contributed by atoms with Crippen molar-refractivity contribution < 1.29 is 22.4 Å². The highest BCUT2D eigenvalue weighted by molar-refractivity contribution is 6.28. The number of alkyl halides is 4. The fourth-order valence-electron chi connectivity index (χ4n) is 3.71. The molecule has 1 aliphatic heterocycles. The molecule has 0 atom stereocenters. The van der Waals surface area contributed by atoms with E-state index in [0.29, 0.717) is 55.7 Å². The minimum atomic E-state index is -4.40. The van der Waals surface area contributed by atoms with Crippen LogP contribution in [0.1, 0.15) is 69.3 Å². The lowest BCUT2D eigenvalue weighted by molar-refractivity contribution is -0.137. The number of halogens is 5. The van der Waals surface area contributed by atoms with Gasteiger partial charge in [0.05, 0.1) is 11.3 Å². The molecule has 0 aliphatic carbocycles. The van der Waals surface area contributed by atoms with Crippen molar-refractivity contribution in [2.45, 2.75) is 78.2 Å². The summed E-state index contributed by atoms with van der Waals surface area (Å²) in [5.74, 6) is 0.569. The number of benzene rings is 1. The lowest BCUT2D eigenvalue weighted by Crippen LogP contribution is -2.39. The van der Waals surface area contributed by atoms with Crippen molar-refractivity contribution in [3.8, 4) is 0 Å². The van der Waals surface area contributed by atoms with E-state index in [1.54, 1.807) is 13.1 Å². The van der Waals surface area contributed by atoms with Crippen molar-refractivity contribution in [3.05, 3.63) is 45.9 Å². The lowest BCUT2D eigenvalue weighted by atomic mass is 9.97. The van der Waals surface area contributed by atoms with Gasteiger partial charge in [0.2, 0.25) is 5.28 Å². The zero-order chi connectivity index (χ0) is 28.1. The Morgan fingerprint density at radius 1 is 1.14 bits per heavy atom. The van der Waals surface area contributed by atoms with Crippen LogP contribution in [0.3, 0.4) is 0 Å². The molecule has 0 amide bonds. The minimum absolute atomic E-state index is 0.133. The Morgan fingerprint density at radius 3 is 2.27 bits per heavy atom. The van der Waals surface area contributed by atoms with Gasteiger partial charge in [0, 0.05) is 37.7 Å². The molecule has 2 aromatic rings. The zero-order valence-corrected chi connectivity index (χ0v) is 22.9. The SMILES string of the molecule is CC.CCCc1nc(Cl)nc(NCc2cc(NC)cc(C(F)(F)F)c2)c1CC.O=CC1(F)CCNCC1. The molecular weight excluding hydrogens is 510 g/mol. The number of hydrogen-bond acceptors (Lipinski definition) is 6. The molecule has 1 aliphatic rings. The second-order valence-electron chi connectivity index (χ2n) is 8.29. The van der Waals surface area contributed by atoms with Crippen molar-refractivity contribution in [3.63, 3.8) is 0 Å². The molecule has 1 aromatic heterocycles. The summed E-state index contributed by atoms with van der Waals surface area (Å²) in [5.41, 5.74) is 0.502. The molecule has 0 spiro atoms. The maximum atomic E-state index is 13.1. The molecule has 208 valence electrons. The van der Waals surface area contributed by atoms with Crippen LogP contribution in [0, 0.1) is 0 Å². The van der Waals surface area contributed by atoms with Crippen LogP contribution < -0.4 is 16.0 Å². The maximum absolute atomic E-state index is 13.1. The Morgan fingerprint density at radius 2 is 1.78 bits per heavy atom. The molecule has 1 saturated heterocycles. The first kappa shape index (κ1) is 32.6. The number of aromatic nitrogens is 2. The number of piperidine rings is 1. The van der Waals surface area contributed by atoms with E-state index >= 15 is 0 Å². The van der Waals surface area contributed by atoms with E-state index in [-0.39, 0.29) is 11.8 Å². The van der Waals surface area contributed by atoms with Gasteiger partial charge in [-0.15, -0.1) is 0 Å². The topological polar surface area (TPSA) is 78.9 Å².